The summed E-state index contributed by atoms with van der Waals surface area (Å²) < 4.78 is 7.28. The molecule has 0 saturated carbocycles. The number of nitrogens with one attached hydrogen (secondary N) is 1. The zero-order chi connectivity index (χ0) is 14.8. The molecule has 0 aliphatic carbocycles. The summed E-state index contributed by atoms with van der Waals surface area (Å²) >= 11 is 9.00. The molecule has 0 amide bonds. The van der Waals surface area contributed by atoms with Crippen molar-refractivity contribution >= 4 is 43.6 Å². The molecule has 0 aliphatic heterocycles. The lowest BCUT2D eigenvalue weighted by molar-refractivity contribution is 0.409. The quantitative estimate of drug-likeness (QED) is 0.519. The van der Waals surface area contributed by atoms with E-state index in [2.05, 4.69) is 55.6 Å². The van der Waals surface area contributed by atoms with Crippen LogP contribution in [0.3, 0.4) is 0 Å². The molecule has 2 nitrogen and oxygen atoms in total. The van der Waals surface area contributed by atoms with E-state index in [-0.39, 0.29) is 0 Å². The van der Waals surface area contributed by atoms with E-state index in [0.717, 1.165) is 27.8 Å². The summed E-state index contributed by atoms with van der Waals surface area (Å²) in [6.45, 7) is 1.98. The molecular formula is C15H23Br2NOS. The van der Waals surface area contributed by atoms with Crippen LogP contribution >= 0.6 is 43.6 Å². The van der Waals surface area contributed by atoms with Crippen LogP contribution in [0.25, 0.3) is 0 Å². The highest BCUT2D eigenvalue weighted by atomic mass is 79.9. The van der Waals surface area contributed by atoms with Crippen LogP contribution in [0.1, 0.15) is 31.2 Å². The average Bonchev–Trinajstić information content (AvgIpc) is 2.41. The van der Waals surface area contributed by atoms with E-state index in [1.54, 1.807) is 7.11 Å². The molecule has 0 atom stereocenters. The molecule has 0 radical (unpaired) electrons. The molecule has 1 aromatic carbocycles. The normalized spacial score (nSPS) is 10.8. The number of benzene rings is 1. The number of halogens is 2. The topological polar surface area (TPSA) is 21.3 Å². The van der Waals surface area contributed by atoms with Gasteiger partial charge >= 0.3 is 0 Å². The monoisotopic (exact) mass is 423 g/mol. The van der Waals surface area contributed by atoms with Crippen molar-refractivity contribution in [1.29, 1.82) is 0 Å². The van der Waals surface area contributed by atoms with Crippen molar-refractivity contribution in [3.05, 3.63) is 26.6 Å². The van der Waals surface area contributed by atoms with Gasteiger partial charge in [-0.3, -0.25) is 0 Å². The highest BCUT2D eigenvalue weighted by Crippen LogP contribution is 2.34. The average molecular weight is 425 g/mol. The number of hydrogen-bond donors (Lipinski definition) is 1. The third kappa shape index (κ3) is 6.83. The fourth-order valence-corrected chi connectivity index (χ4v) is 4.09. The second-order valence-electron chi connectivity index (χ2n) is 4.68. The van der Waals surface area contributed by atoms with Crippen LogP contribution in [0.15, 0.2) is 21.1 Å². The van der Waals surface area contributed by atoms with Crippen LogP contribution in [0.5, 0.6) is 5.75 Å². The molecule has 1 aromatic rings. The Hall–Kier alpha value is 0.290. The van der Waals surface area contributed by atoms with E-state index in [0.29, 0.717) is 0 Å². The van der Waals surface area contributed by atoms with Crippen molar-refractivity contribution in [1.82, 2.24) is 5.32 Å². The van der Waals surface area contributed by atoms with Crippen LogP contribution in [0.4, 0.5) is 0 Å². The minimum Gasteiger partial charge on any atom is -0.494 e. The summed E-state index contributed by atoms with van der Waals surface area (Å²) in [6.07, 6.45) is 7.45. The van der Waals surface area contributed by atoms with Crippen molar-refractivity contribution in [3.63, 3.8) is 0 Å². The zero-order valence-corrected chi connectivity index (χ0v) is 16.2. The predicted molar refractivity (Wildman–Crippen MR) is 97.0 cm³/mol. The zero-order valence-electron chi connectivity index (χ0n) is 12.2. The standard InChI is InChI=1S/C15H23Br2NOS/c1-19-15-13(16)9-12(10-14(15)17)11-18-7-5-3-4-6-8-20-2/h9-10,18H,3-8,11H2,1-2H3. The lowest BCUT2D eigenvalue weighted by Crippen LogP contribution is -2.14. The molecule has 20 heavy (non-hydrogen) atoms. The summed E-state index contributed by atoms with van der Waals surface area (Å²) in [5.41, 5.74) is 1.26. The summed E-state index contributed by atoms with van der Waals surface area (Å²) in [5.74, 6) is 2.14. The Bertz CT molecular complexity index is 378. The summed E-state index contributed by atoms with van der Waals surface area (Å²) in [7, 11) is 1.68. The SMILES string of the molecule is COc1c(Br)cc(CNCCCCCCSC)cc1Br. The van der Waals surface area contributed by atoms with Gasteiger partial charge in [0.1, 0.15) is 5.75 Å². The first-order chi connectivity index (χ1) is 9.69. The third-order valence-electron chi connectivity index (χ3n) is 3.04. The Morgan fingerprint density at radius 2 is 1.75 bits per heavy atom. The first kappa shape index (κ1) is 18.3. The van der Waals surface area contributed by atoms with Gasteiger partial charge in [-0.2, -0.15) is 11.8 Å². The molecule has 0 spiro atoms. The minimum atomic E-state index is 0.850. The molecule has 0 aromatic heterocycles. The minimum absolute atomic E-state index is 0.850. The molecule has 1 N–H and O–H groups in total. The van der Waals surface area contributed by atoms with Crippen LogP contribution in [-0.2, 0) is 6.54 Å². The number of rotatable bonds is 10. The van der Waals surface area contributed by atoms with Crippen LogP contribution in [0.2, 0.25) is 0 Å². The second-order valence-corrected chi connectivity index (χ2v) is 7.37. The van der Waals surface area contributed by atoms with Crippen molar-refractivity contribution in [2.45, 2.75) is 32.2 Å². The Morgan fingerprint density at radius 3 is 2.35 bits per heavy atom. The molecule has 0 saturated heterocycles. The smallest absolute Gasteiger partial charge is 0.147 e. The molecule has 0 heterocycles. The number of hydrogen-bond acceptors (Lipinski definition) is 3. The number of methoxy groups -OCH3 is 1. The van der Waals surface area contributed by atoms with Crippen LogP contribution in [-0.4, -0.2) is 25.7 Å². The number of unbranched alkanes of at least 4 members (excludes halogenated alkanes) is 3. The molecule has 5 heteroatoms. The van der Waals surface area contributed by atoms with Gasteiger partial charge in [-0.05, 0) is 81.0 Å². The van der Waals surface area contributed by atoms with E-state index in [1.165, 1.54) is 37.0 Å². The highest BCUT2D eigenvalue weighted by molar-refractivity contribution is 9.11. The molecular weight excluding hydrogens is 402 g/mol. The van der Waals surface area contributed by atoms with Gasteiger partial charge < -0.3 is 10.1 Å². The van der Waals surface area contributed by atoms with Crippen molar-refractivity contribution < 1.29 is 4.74 Å². The van der Waals surface area contributed by atoms with Crippen molar-refractivity contribution in [2.24, 2.45) is 0 Å². The number of thioether (sulfide) groups is 1. The Labute approximate surface area is 143 Å². The molecule has 0 unspecified atom stereocenters. The first-order valence-corrected chi connectivity index (χ1v) is 9.88. The Balaban J connectivity index is 2.22. The van der Waals surface area contributed by atoms with Gasteiger partial charge in [-0.25, -0.2) is 0 Å². The molecule has 114 valence electrons. The lowest BCUT2D eigenvalue weighted by Gasteiger charge is -2.10. The fraction of sp³-hybridized carbons (Fsp3) is 0.600. The predicted octanol–water partition coefficient (Wildman–Crippen LogP) is 5.23. The van der Waals surface area contributed by atoms with Crippen LogP contribution in [0, 0.1) is 0 Å². The largest absolute Gasteiger partial charge is 0.494 e. The van der Waals surface area contributed by atoms with Crippen molar-refractivity contribution in [3.8, 4) is 5.75 Å². The van der Waals surface area contributed by atoms with Gasteiger partial charge in [0, 0.05) is 6.54 Å². The van der Waals surface area contributed by atoms with Gasteiger partial charge in [-0.15, -0.1) is 0 Å². The van der Waals surface area contributed by atoms with Gasteiger partial charge in [-0.1, -0.05) is 12.8 Å². The molecule has 0 bridgehead atoms. The van der Waals surface area contributed by atoms with Crippen molar-refractivity contribution in [2.75, 3.05) is 25.7 Å². The van der Waals surface area contributed by atoms with E-state index >= 15 is 0 Å². The van der Waals surface area contributed by atoms with Gasteiger partial charge in [0.2, 0.25) is 0 Å². The van der Waals surface area contributed by atoms with E-state index in [1.807, 2.05) is 11.8 Å². The van der Waals surface area contributed by atoms with Crippen LogP contribution < -0.4 is 10.1 Å². The van der Waals surface area contributed by atoms with E-state index in [4.69, 9.17) is 4.74 Å². The second kappa shape index (κ2) is 10.9. The summed E-state index contributed by atoms with van der Waals surface area (Å²) in [5, 5.41) is 3.50. The molecule has 0 aliphatic rings. The highest BCUT2D eigenvalue weighted by Gasteiger charge is 2.07. The maximum absolute atomic E-state index is 5.30. The maximum Gasteiger partial charge on any atom is 0.147 e. The van der Waals surface area contributed by atoms with E-state index < -0.39 is 0 Å². The molecule has 1 rings (SSSR count). The maximum atomic E-state index is 5.30. The Morgan fingerprint density at radius 1 is 1.10 bits per heavy atom. The lowest BCUT2D eigenvalue weighted by atomic mass is 10.2. The van der Waals surface area contributed by atoms with Gasteiger partial charge in [0.15, 0.2) is 0 Å². The summed E-state index contributed by atoms with van der Waals surface area (Å²) in [6, 6.07) is 4.21. The summed E-state index contributed by atoms with van der Waals surface area (Å²) in [4.78, 5) is 0. The van der Waals surface area contributed by atoms with Gasteiger partial charge in [0.25, 0.3) is 0 Å². The molecule has 0 fully saturated rings. The first-order valence-electron chi connectivity index (χ1n) is 6.90. The fourth-order valence-electron chi connectivity index (χ4n) is 1.99. The third-order valence-corrected chi connectivity index (χ3v) is 4.92. The number of ether oxygens (including phenoxy) is 1. The van der Waals surface area contributed by atoms with Gasteiger partial charge in [0.05, 0.1) is 16.1 Å². The Kier molecular flexibility index (Phi) is 10.0. The van der Waals surface area contributed by atoms with E-state index in [9.17, 15) is 0 Å².